The Morgan fingerprint density at radius 1 is 0.867 bits per heavy atom. The molecule has 0 spiro atoms. The summed E-state index contributed by atoms with van der Waals surface area (Å²) in [5.74, 6) is 1.36. The quantitative estimate of drug-likeness (QED) is 0.707. The maximum atomic E-state index is 5.78. The van der Waals surface area contributed by atoms with Gasteiger partial charge in [-0.1, -0.05) is 13.8 Å². The molecular weight excluding hydrogens is 192 g/mol. The van der Waals surface area contributed by atoms with Gasteiger partial charge in [0.2, 0.25) is 0 Å². The van der Waals surface area contributed by atoms with Crippen LogP contribution in [0.3, 0.4) is 0 Å². The molecule has 0 aromatic heterocycles. The van der Waals surface area contributed by atoms with Gasteiger partial charge in [0.1, 0.15) is 0 Å². The number of ether oxygens (including phenoxy) is 3. The van der Waals surface area contributed by atoms with Gasteiger partial charge in [-0.2, -0.15) is 0 Å². The van der Waals surface area contributed by atoms with Crippen LogP contribution < -0.4 is 0 Å². The molecule has 1 aliphatic carbocycles. The van der Waals surface area contributed by atoms with Crippen LogP contribution in [-0.2, 0) is 14.2 Å². The Morgan fingerprint density at radius 3 is 2.07 bits per heavy atom. The number of hydrogen-bond acceptors (Lipinski definition) is 3. The first-order chi connectivity index (χ1) is 7.24. The summed E-state index contributed by atoms with van der Waals surface area (Å²) in [5, 5.41) is 0. The van der Waals surface area contributed by atoms with E-state index in [0.717, 1.165) is 32.0 Å². The summed E-state index contributed by atoms with van der Waals surface area (Å²) in [6.45, 7) is 5.55. The molecule has 0 aromatic rings. The van der Waals surface area contributed by atoms with E-state index in [1.165, 1.54) is 12.8 Å². The van der Waals surface area contributed by atoms with Crippen molar-refractivity contribution in [2.45, 2.75) is 52.1 Å². The molecule has 1 heterocycles. The Hall–Kier alpha value is -0.120. The Bertz CT molecular complexity index is 159. The molecule has 2 aliphatic rings. The molecule has 1 saturated carbocycles. The van der Waals surface area contributed by atoms with Gasteiger partial charge >= 0.3 is 0 Å². The zero-order valence-corrected chi connectivity index (χ0v) is 9.78. The van der Waals surface area contributed by atoms with E-state index in [2.05, 4.69) is 13.8 Å². The van der Waals surface area contributed by atoms with Gasteiger partial charge in [0.25, 0.3) is 6.48 Å². The zero-order chi connectivity index (χ0) is 10.7. The molecule has 0 aromatic carbocycles. The smallest absolute Gasteiger partial charge is 0.271 e. The van der Waals surface area contributed by atoms with Crippen LogP contribution in [-0.4, -0.2) is 25.8 Å². The highest BCUT2D eigenvalue weighted by Crippen LogP contribution is 2.27. The minimum atomic E-state index is -0.403. The lowest BCUT2D eigenvalue weighted by molar-refractivity contribution is -0.336. The molecule has 0 atom stereocenters. The zero-order valence-electron chi connectivity index (χ0n) is 9.78. The summed E-state index contributed by atoms with van der Waals surface area (Å²) in [6.07, 6.45) is 5.20. The average Bonchev–Trinajstić information content (AvgIpc) is 2.25. The summed E-state index contributed by atoms with van der Waals surface area (Å²) in [4.78, 5) is 0. The molecule has 2 fully saturated rings. The van der Waals surface area contributed by atoms with Crippen LogP contribution in [0, 0.1) is 11.8 Å². The van der Waals surface area contributed by atoms with E-state index in [1.54, 1.807) is 0 Å². The molecule has 1 saturated heterocycles. The lowest BCUT2D eigenvalue weighted by Crippen LogP contribution is -2.36. The second-order valence-electron chi connectivity index (χ2n) is 5.08. The maximum absolute atomic E-state index is 5.78. The fourth-order valence-electron chi connectivity index (χ4n) is 2.18. The predicted molar refractivity (Wildman–Crippen MR) is 57.4 cm³/mol. The van der Waals surface area contributed by atoms with Gasteiger partial charge in [-0.3, -0.25) is 0 Å². The molecule has 0 amide bonds. The maximum Gasteiger partial charge on any atom is 0.271 e. The molecule has 0 N–H and O–H groups in total. The predicted octanol–water partition coefficient (Wildman–Crippen LogP) is 2.55. The average molecular weight is 214 g/mol. The lowest BCUT2D eigenvalue weighted by Gasteiger charge is -2.32. The van der Waals surface area contributed by atoms with Gasteiger partial charge in [0, 0.05) is 5.92 Å². The van der Waals surface area contributed by atoms with Crippen LogP contribution in [0.2, 0.25) is 0 Å². The van der Waals surface area contributed by atoms with Gasteiger partial charge in [0.05, 0.1) is 19.3 Å². The van der Waals surface area contributed by atoms with Crippen LogP contribution >= 0.6 is 0 Å². The first-order valence-electron chi connectivity index (χ1n) is 6.12. The summed E-state index contributed by atoms with van der Waals surface area (Å²) >= 11 is 0. The Morgan fingerprint density at radius 2 is 1.47 bits per heavy atom. The van der Waals surface area contributed by atoms with Gasteiger partial charge in [0.15, 0.2) is 0 Å². The standard InChI is InChI=1S/C12H22O3/c1-9-3-5-11(6-4-9)15-12-13-7-10(2)8-14-12/h9-12H,3-8H2,1-2H3. The largest absolute Gasteiger partial charge is 0.330 e. The first kappa shape index (κ1) is 11.4. The molecule has 0 radical (unpaired) electrons. The van der Waals surface area contributed by atoms with Crippen LogP contribution in [0.15, 0.2) is 0 Å². The van der Waals surface area contributed by atoms with Crippen LogP contribution in [0.4, 0.5) is 0 Å². The molecular formula is C12H22O3. The second-order valence-corrected chi connectivity index (χ2v) is 5.08. The second kappa shape index (κ2) is 5.28. The lowest BCUT2D eigenvalue weighted by atomic mass is 9.89. The van der Waals surface area contributed by atoms with Gasteiger partial charge in [-0.05, 0) is 31.6 Å². The molecule has 2 rings (SSSR count). The van der Waals surface area contributed by atoms with Crippen LogP contribution in [0.25, 0.3) is 0 Å². The summed E-state index contributed by atoms with van der Waals surface area (Å²) < 4.78 is 16.7. The molecule has 15 heavy (non-hydrogen) atoms. The Labute approximate surface area is 92.1 Å². The van der Waals surface area contributed by atoms with Crippen molar-refractivity contribution in [1.29, 1.82) is 0 Å². The highest BCUT2D eigenvalue weighted by Gasteiger charge is 2.25. The fourth-order valence-corrected chi connectivity index (χ4v) is 2.18. The van der Waals surface area contributed by atoms with E-state index in [-0.39, 0.29) is 0 Å². The van der Waals surface area contributed by atoms with E-state index in [1.807, 2.05) is 0 Å². The monoisotopic (exact) mass is 214 g/mol. The fraction of sp³-hybridized carbons (Fsp3) is 1.00. The molecule has 0 unspecified atom stereocenters. The third-order valence-electron chi connectivity index (χ3n) is 3.30. The van der Waals surface area contributed by atoms with Crippen molar-refractivity contribution in [3.63, 3.8) is 0 Å². The normalized spacial score (nSPS) is 42.8. The van der Waals surface area contributed by atoms with Gasteiger partial charge in [-0.25, -0.2) is 0 Å². The van der Waals surface area contributed by atoms with Crippen molar-refractivity contribution in [2.24, 2.45) is 11.8 Å². The Kier molecular flexibility index (Phi) is 4.00. The minimum Gasteiger partial charge on any atom is -0.330 e. The van der Waals surface area contributed by atoms with E-state index < -0.39 is 6.48 Å². The topological polar surface area (TPSA) is 27.7 Å². The van der Waals surface area contributed by atoms with Crippen molar-refractivity contribution < 1.29 is 14.2 Å². The molecule has 88 valence electrons. The number of hydrogen-bond donors (Lipinski definition) is 0. The summed E-state index contributed by atoms with van der Waals surface area (Å²) in [6, 6.07) is 0. The van der Waals surface area contributed by atoms with Crippen molar-refractivity contribution in [2.75, 3.05) is 13.2 Å². The molecule has 1 aliphatic heterocycles. The van der Waals surface area contributed by atoms with Gasteiger partial charge < -0.3 is 14.2 Å². The minimum absolute atomic E-state index is 0.347. The van der Waals surface area contributed by atoms with Gasteiger partial charge in [-0.15, -0.1) is 0 Å². The highest BCUT2D eigenvalue weighted by atomic mass is 16.8. The van der Waals surface area contributed by atoms with Crippen LogP contribution in [0.5, 0.6) is 0 Å². The van der Waals surface area contributed by atoms with E-state index in [4.69, 9.17) is 14.2 Å². The molecule has 3 nitrogen and oxygen atoms in total. The highest BCUT2D eigenvalue weighted by molar-refractivity contribution is 4.70. The molecule has 3 heteroatoms. The summed E-state index contributed by atoms with van der Waals surface area (Å²) in [7, 11) is 0. The van der Waals surface area contributed by atoms with Crippen molar-refractivity contribution in [1.82, 2.24) is 0 Å². The third kappa shape index (κ3) is 3.44. The van der Waals surface area contributed by atoms with E-state index >= 15 is 0 Å². The van der Waals surface area contributed by atoms with Crippen molar-refractivity contribution in [3.05, 3.63) is 0 Å². The third-order valence-corrected chi connectivity index (χ3v) is 3.30. The van der Waals surface area contributed by atoms with Crippen LogP contribution in [0.1, 0.15) is 39.5 Å². The SMILES string of the molecule is CC1CCC(OC2OCC(C)CO2)CC1. The van der Waals surface area contributed by atoms with Crippen molar-refractivity contribution >= 4 is 0 Å². The number of rotatable bonds is 2. The van der Waals surface area contributed by atoms with E-state index in [0.29, 0.717) is 12.0 Å². The first-order valence-corrected chi connectivity index (χ1v) is 6.12. The molecule has 0 bridgehead atoms. The van der Waals surface area contributed by atoms with Crippen molar-refractivity contribution in [3.8, 4) is 0 Å². The summed E-state index contributed by atoms with van der Waals surface area (Å²) in [5.41, 5.74) is 0. The Balaban J connectivity index is 1.68. The van der Waals surface area contributed by atoms with E-state index in [9.17, 15) is 0 Å².